The Kier molecular flexibility index (Phi) is 4.70. The Morgan fingerprint density at radius 1 is 0.410 bits per heavy atom. The summed E-state index contributed by atoms with van der Waals surface area (Å²) in [6, 6.07) is 41.4. The number of benzene rings is 4. The van der Waals surface area contributed by atoms with Gasteiger partial charge in [0.15, 0.2) is 0 Å². The lowest BCUT2D eigenvalue weighted by Crippen LogP contribution is -2.36. The second-order valence-corrected chi connectivity index (χ2v) is 9.80. The van der Waals surface area contributed by atoms with E-state index in [1.54, 1.807) is 0 Å². The minimum atomic E-state index is -0.625. The fraction of sp³-hybridized carbons (Fsp3) is 0.0286. The third-order valence-corrected chi connectivity index (χ3v) is 7.71. The molecular formula is C35H22N2O2. The minimum Gasteiger partial charge on any atom is -0.457 e. The predicted octanol–water partition coefficient (Wildman–Crippen LogP) is 8.40. The van der Waals surface area contributed by atoms with Gasteiger partial charge >= 0.3 is 0 Å². The van der Waals surface area contributed by atoms with Crippen molar-refractivity contribution in [2.45, 2.75) is 5.41 Å². The Morgan fingerprint density at radius 2 is 0.846 bits per heavy atom. The molecule has 184 valence electrons. The van der Waals surface area contributed by atoms with Crippen LogP contribution in [0.1, 0.15) is 22.3 Å². The molecule has 6 aromatic rings. The fourth-order valence-electron chi connectivity index (χ4n) is 6.06. The topological polar surface area (TPSA) is 44.2 Å². The van der Waals surface area contributed by atoms with Crippen molar-refractivity contribution >= 4 is 0 Å². The molecule has 0 bridgehead atoms. The van der Waals surface area contributed by atoms with Crippen LogP contribution in [-0.4, -0.2) is 9.97 Å². The summed E-state index contributed by atoms with van der Waals surface area (Å²) in [5.41, 5.74) is 7.50. The molecule has 0 unspecified atom stereocenters. The first-order valence-electron chi connectivity index (χ1n) is 13.0. The van der Waals surface area contributed by atoms with Gasteiger partial charge in [0, 0.05) is 45.8 Å². The van der Waals surface area contributed by atoms with E-state index in [2.05, 4.69) is 70.6 Å². The molecule has 0 fully saturated rings. The van der Waals surface area contributed by atoms with E-state index in [0.29, 0.717) is 0 Å². The minimum absolute atomic E-state index is 0.625. The van der Waals surface area contributed by atoms with E-state index in [9.17, 15) is 0 Å². The van der Waals surface area contributed by atoms with Crippen molar-refractivity contribution in [3.63, 3.8) is 0 Å². The molecule has 0 atom stereocenters. The number of rotatable bonds is 2. The lowest BCUT2D eigenvalue weighted by molar-refractivity contribution is 0.399. The molecule has 4 aromatic carbocycles. The molecule has 0 saturated heterocycles. The Hall–Kier alpha value is -5.22. The van der Waals surface area contributed by atoms with Crippen molar-refractivity contribution in [3.8, 4) is 45.5 Å². The molecule has 0 amide bonds. The maximum absolute atomic E-state index is 6.76. The Morgan fingerprint density at radius 3 is 1.33 bits per heavy atom. The molecule has 0 radical (unpaired) electrons. The summed E-state index contributed by atoms with van der Waals surface area (Å²) in [6.45, 7) is 0. The van der Waals surface area contributed by atoms with Crippen LogP contribution >= 0.6 is 0 Å². The first-order valence-corrected chi connectivity index (χ1v) is 13.0. The van der Waals surface area contributed by atoms with Crippen LogP contribution in [0, 0.1) is 0 Å². The third-order valence-electron chi connectivity index (χ3n) is 7.71. The van der Waals surface area contributed by atoms with Gasteiger partial charge in [-0.3, -0.25) is 9.97 Å². The highest BCUT2D eigenvalue weighted by Crippen LogP contribution is 2.61. The van der Waals surface area contributed by atoms with E-state index in [-0.39, 0.29) is 0 Å². The van der Waals surface area contributed by atoms with Gasteiger partial charge in [0.25, 0.3) is 0 Å². The number of fused-ring (bicyclic) bond motifs is 8. The van der Waals surface area contributed by atoms with Gasteiger partial charge in [-0.15, -0.1) is 0 Å². The summed E-state index contributed by atoms with van der Waals surface area (Å²) in [5, 5.41) is 0. The SMILES string of the molecule is c1ccc(-c2ccc3c(c2)Oc2cc(-c4ccccn4)ccc2C32c3ccccc3Oc3ccccc32)nc1. The smallest absolute Gasteiger partial charge is 0.132 e. The fourth-order valence-corrected chi connectivity index (χ4v) is 6.06. The lowest BCUT2D eigenvalue weighted by Gasteiger charge is -2.45. The van der Waals surface area contributed by atoms with E-state index >= 15 is 0 Å². The Balaban J connectivity index is 1.46. The molecule has 8 rings (SSSR count). The van der Waals surface area contributed by atoms with Gasteiger partial charge in [-0.2, -0.15) is 0 Å². The van der Waals surface area contributed by atoms with Gasteiger partial charge in [-0.1, -0.05) is 72.8 Å². The highest BCUT2D eigenvalue weighted by atomic mass is 16.5. The predicted molar refractivity (Wildman–Crippen MR) is 151 cm³/mol. The second-order valence-electron chi connectivity index (χ2n) is 9.80. The van der Waals surface area contributed by atoms with Gasteiger partial charge in [-0.25, -0.2) is 0 Å². The Bertz CT molecular complexity index is 1730. The zero-order valence-corrected chi connectivity index (χ0v) is 20.9. The van der Waals surface area contributed by atoms with E-state index in [1.807, 2.05) is 73.1 Å². The van der Waals surface area contributed by atoms with Crippen LogP contribution in [-0.2, 0) is 5.41 Å². The number of aromatic nitrogens is 2. The molecule has 0 N–H and O–H groups in total. The van der Waals surface area contributed by atoms with Crippen LogP contribution in [0.4, 0.5) is 0 Å². The number of nitrogens with zero attached hydrogens (tertiary/aromatic N) is 2. The molecule has 0 aliphatic carbocycles. The van der Waals surface area contributed by atoms with Crippen LogP contribution in [0.15, 0.2) is 134 Å². The number of pyridine rings is 2. The van der Waals surface area contributed by atoms with Crippen LogP contribution < -0.4 is 9.47 Å². The van der Waals surface area contributed by atoms with Crippen molar-refractivity contribution in [2.75, 3.05) is 0 Å². The summed E-state index contributed by atoms with van der Waals surface area (Å²) in [7, 11) is 0. The average Bonchev–Trinajstić information content (AvgIpc) is 3.01. The molecule has 1 spiro atoms. The summed E-state index contributed by atoms with van der Waals surface area (Å²) in [6.07, 6.45) is 3.63. The summed E-state index contributed by atoms with van der Waals surface area (Å²) < 4.78 is 13.2. The quantitative estimate of drug-likeness (QED) is 0.238. The maximum atomic E-state index is 6.76. The van der Waals surface area contributed by atoms with E-state index in [0.717, 1.165) is 67.8 Å². The van der Waals surface area contributed by atoms with Gasteiger partial charge in [-0.05, 0) is 48.5 Å². The van der Waals surface area contributed by atoms with Gasteiger partial charge < -0.3 is 9.47 Å². The number of hydrogen-bond acceptors (Lipinski definition) is 4. The molecule has 4 heterocycles. The third kappa shape index (κ3) is 3.18. The maximum Gasteiger partial charge on any atom is 0.132 e. The molecule has 2 aliphatic rings. The van der Waals surface area contributed by atoms with E-state index < -0.39 is 5.41 Å². The Labute approximate surface area is 226 Å². The van der Waals surface area contributed by atoms with Gasteiger partial charge in [0.2, 0.25) is 0 Å². The molecular weight excluding hydrogens is 480 g/mol. The van der Waals surface area contributed by atoms with Crippen LogP contribution in [0.3, 0.4) is 0 Å². The van der Waals surface area contributed by atoms with Crippen LogP contribution in [0.25, 0.3) is 22.5 Å². The molecule has 2 aromatic heterocycles. The molecule has 2 aliphatic heterocycles. The van der Waals surface area contributed by atoms with Crippen LogP contribution in [0.5, 0.6) is 23.0 Å². The first kappa shape index (κ1) is 21.8. The zero-order valence-electron chi connectivity index (χ0n) is 20.9. The van der Waals surface area contributed by atoms with Crippen molar-refractivity contribution in [1.29, 1.82) is 0 Å². The summed E-state index contributed by atoms with van der Waals surface area (Å²) >= 11 is 0. The van der Waals surface area contributed by atoms with E-state index in [1.165, 1.54) is 0 Å². The summed E-state index contributed by atoms with van der Waals surface area (Å²) in [5.74, 6) is 3.29. The van der Waals surface area contributed by atoms with Crippen molar-refractivity contribution in [2.24, 2.45) is 0 Å². The molecule has 0 saturated carbocycles. The molecule has 4 heteroatoms. The standard InChI is InChI=1S/C35H22N2O2/c1-3-13-31-25(9-1)35(26-10-2-4-14-32(26)38-31)27-17-15-23(29-11-5-7-19-36-29)21-33(27)39-34-22-24(16-18-28(34)35)30-12-6-8-20-37-30/h1-22H. The zero-order chi connectivity index (χ0) is 25.8. The monoisotopic (exact) mass is 502 g/mol. The van der Waals surface area contributed by atoms with Crippen molar-refractivity contribution in [1.82, 2.24) is 9.97 Å². The average molecular weight is 503 g/mol. The van der Waals surface area contributed by atoms with Gasteiger partial charge in [0.1, 0.15) is 23.0 Å². The molecule has 4 nitrogen and oxygen atoms in total. The molecule has 39 heavy (non-hydrogen) atoms. The highest BCUT2D eigenvalue weighted by molar-refractivity contribution is 5.78. The normalized spacial score (nSPS) is 13.7. The lowest BCUT2D eigenvalue weighted by atomic mass is 9.62. The van der Waals surface area contributed by atoms with Crippen molar-refractivity contribution < 1.29 is 9.47 Å². The highest BCUT2D eigenvalue weighted by Gasteiger charge is 2.50. The van der Waals surface area contributed by atoms with Crippen LogP contribution in [0.2, 0.25) is 0 Å². The number of ether oxygens (including phenoxy) is 2. The first-order chi connectivity index (χ1) is 19.3. The largest absolute Gasteiger partial charge is 0.457 e. The van der Waals surface area contributed by atoms with E-state index in [4.69, 9.17) is 9.47 Å². The second kappa shape index (κ2) is 8.40. The summed E-state index contributed by atoms with van der Waals surface area (Å²) in [4.78, 5) is 9.18. The van der Waals surface area contributed by atoms with Crippen molar-refractivity contribution in [3.05, 3.63) is 156 Å². The van der Waals surface area contributed by atoms with Gasteiger partial charge in [0.05, 0.1) is 16.8 Å². The number of hydrogen-bond donors (Lipinski definition) is 0. The number of para-hydroxylation sites is 2.